The number of carbonyl (C=O) groups is 1. The molecule has 2 fully saturated rings. The van der Waals surface area contributed by atoms with Crippen molar-refractivity contribution in [1.82, 2.24) is 10.6 Å². The average Bonchev–Trinajstić information content (AvgIpc) is 2.80. The molecule has 1 aliphatic carbocycles. The Kier molecular flexibility index (Phi) is 4.36. The van der Waals surface area contributed by atoms with Crippen molar-refractivity contribution in [3.05, 3.63) is 0 Å². The number of rotatable bonds is 3. The molecule has 0 bridgehead atoms. The van der Waals surface area contributed by atoms with Crippen molar-refractivity contribution in [2.24, 2.45) is 5.92 Å². The molecule has 0 aromatic rings. The van der Waals surface area contributed by atoms with Gasteiger partial charge in [-0.2, -0.15) is 0 Å². The predicted molar refractivity (Wildman–Crippen MR) is 63.6 cm³/mol. The molecule has 1 heterocycles. The van der Waals surface area contributed by atoms with E-state index >= 15 is 0 Å². The van der Waals surface area contributed by atoms with E-state index < -0.39 is 0 Å². The topological polar surface area (TPSA) is 70.6 Å². The third kappa shape index (κ3) is 2.97. The third-order valence-electron chi connectivity index (χ3n) is 3.85. The van der Waals surface area contributed by atoms with Crippen LogP contribution in [0.1, 0.15) is 25.7 Å². The first-order chi connectivity index (χ1) is 8.22. The number of hydrogen-bond acceptors (Lipinski definition) is 4. The first kappa shape index (κ1) is 12.8. The summed E-state index contributed by atoms with van der Waals surface area (Å²) in [5.74, 6) is -0.123. The summed E-state index contributed by atoms with van der Waals surface area (Å²) in [5.41, 5.74) is 0. The minimum absolute atomic E-state index is 0.00722. The summed E-state index contributed by atoms with van der Waals surface area (Å²) in [4.78, 5) is 12.1. The van der Waals surface area contributed by atoms with Crippen molar-refractivity contribution in [2.45, 2.75) is 43.9 Å². The summed E-state index contributed by atoms with van der Waals surface area (Å²) in [7, 11) is 1.84. The SMILES string of the molecule is CNC1COCC1C(=O)N[C@@H]1CCCC[C@H]1O. The maximum Gasteiger partial charge on any atom is 0.227 e. The predicted octanol–water partition coefficient (Wildman–Crippen LogP) is -0.359. The van der Waals surface area contributed by atoms with E-state index in [0.29, 0.717) is 13.2 Å². The summed E-state index contributed by atoms with van der Waals surface area (Å²) in [6.07, 6.45) is 3.42. The maximum absolute atomic E-state index is 12.1. The summed E-state index contributed by atoms with van der Waals surface area (Å²) < 4.78 is 5.31. The summed E-state index contributed by atoms with van der Waals surface area (Å²) >= 11 is 0. The zero-order valence-corrected chi connectivity index (χ0v) is 10.3. The van der Waals surface area contributed by atoms with E-state index in [9.17, 15) is 9.90 Å². The first-order valence-corrected chi connectivity index (χ1v) is 6.46. The molecule has 0 aromatic carbocycles. The van der Waals surface area contributed by atoms with Gasteiger partial charge in [-0.15, -0.1) is 0 Å². The lowest BCUT2D eigenvalue weighted by atomic mass is 9.91. The molecule has 1 aliphatic heterocycles. The van der Waals surface area contributed by atoms with Gasteiger partial charge in [-0.1, -0.05) is 12.8 Å². The number of hydrogen-bond donors (Lipinski definition) is 3. The van der Waals surface area contributed by atoms with Gasteiger partial charge in [0.1, 0.15) is 0 Å². The zero-order chi connectivity index (χ0) is 12.3. The largest absolute Gasteiger partial charge is 0.391 e. The van der Waals surface area contributed by atoms with Crippen LogP contribution in [0.25, 0.3) is 0 Å². The lowest BCUT2D eigenvalue weighted by molar-refractivity contribution is -0.127. The van der Waals surface area contributed by atoms with E-state index in [0.717, 1.165) is 25.7 Å². The van der Waals surface area contributed by atoms with Crippen molar-refractivity contribution >= 4 is 5.91 Å². The van der Waals surface area contributed by atoms with Gasteiger partial charge in [-0.3, -0.25) is 4.79 Å². The molecule has 1 amide bonds. The third-order valence-corrected chi connectivity index (χ3v) is 3.85. The zero-order valence-electron chi connectivity index (χ0n) is 10.3. The Labute approximate surface area is 102 Å². The van der Waals surface area contributed by atoms with Crippen LogP contribution >= 0.6 is 0 Å². The van der Waals surface area contributed by atoms with Gasteiger partial charge in [0, 0.05) is 6.04 Å². The Hall–Kier alpha value is -0.650. The van der Waals surface area contributed by atoms with Crippen molar-refractivity contribution in [3.8, 4) is 0 Å². The highest BCUT2D eigenvalue weighted by atomic mass is 16.5. The van der Waals surface area contributed by atoms with Gasteiger partial charge in [0.2, 0.25) is 5.91 Å². The highest BCUT2D eigenvalue weighted by Crippen LogP contribution is 2.20. The van der Waals surface area contributed by atoms with Crippen molar-refractivity contribution < 1.29 is 14.6 Å². The molecular formula is C12H22N2O3. The molecule has 17 heavy (non-hydrogen) atoms. The monoisotopic (exact) mass is 242 g/mol. The quantitative estimate of drug-likeness (QED) is 0.632. The lowest BCUT2D eigenvalue weighted by Gasteiger charge is -2.29. The van der Waals surface area contributed by atoms with E-state index in [-0.39, 0.29) is 30.0 Å². The van der Waals surface area contributed by atoms with E-state index in [1.54, 1.807) is 0 Å². The molecule has 2 aliphatic rings. The van der Waals surface area contributed by atoms with E-state index in [4.69, 9.17) is 4.74 Å². The van der Waals surface area contributed by atoms with Crippen molar-refractivity contribution in [2.75, 3.05) is 20.3 Å². The van der Waals surface area contributed by atoms with Gasteiger partial charge >= 0.3 is 0 Å². The molecule has 2 unspecified atom stereocenters. The van der Waals surface area contributed by atoms with E-state index in [2.05, 4.69) is 10.6 Å². The molecule has 5 heteroatoms. The van der Waals surface area contributed by atoms with Crippen LogP contribution in [0.3, 0.4) is 0 Å². The Morgan fingerprint density at radius 3 is 2.71 bits per heavy atom. The smallest absolute Gasteiger partial charge is 0.227 e. The molecule has 98 valence electrons. The second-order valence-electron chi connectivity index (χ2n) is 5.01. The molecule has 0 radical (unpaired) electrons. The molecule has 5 nitrogen and oxygen atoms in total. The van der Waals surface area contributed by atoms with Gasteiger partial charge in [0.05, 0.1) is 31.3 Å². The fraction of sp³-hybridized carbons (Fsp3) is 0.917. The Bertz CT molecular complexity index is 272. The van der Waals surface area contributed by atoms with Crippen LogP contribution < -0.4 is 10.6 Å². The van der Waals surface area contributed by atoms with Crippen LogP contribution in [0, 0.1) is 5.92 Å². The van der Waals surface area contributed by atoms with E-state index in [1.165, 1.54) is 0 Å². The van der Waals surface area contributed by atoms with Crippen LogP contribution in [-0.4, -0.2) is 49.5 Å². The fourth-order valence-corrected chi connectivity index (χ4v) is 2.67. The number of ether oxygens (including phenoxy) is 1. The van der Waals surface area contributed by atoms with Gasteiger partial charge in [0.15, 0.2) is 0 Å². The molecule has 1 saturated heterocycles. The lowest BCUT2D eigenvalue weighted by Crippen LogP contribution is -2.50. The van der Waals surface area contributed by atoms with Crippen LogP contribution in [0.15, 0.2) is 0 Å². The molecular weight excluding hydrogens is 220 g/mol. The Morgan fingerprint density at radius 2 is 2.00 bits per heavy atom. The fourth-order valence-electron chi connectivity index (χ4n) is 2.67. The van der Waals surface area contributed by atoms with Crippen LogP contribution in [0.2, 0.25) is 0 Å². The van der Waals surface area contributed by atoms with Gasteiger partial charge in [0.25, 0.3) is 0 Å². The van der Waals surface area contributed by atoms with Crippen LogP contribution in [0.4, 0.5) is 0 Å². The molecule has 2 rings (SSSR count). The van der Waals surface area contributed by atoms with Crippen LogP contribution in [-0.2, 0) is 9.53 Å². The minimum atomic E-state index is -0.386. The number of carbonyl (C=O) groups excluding carboxylic acids is 1. The van der Waals surface area contributed by atoms with Gasteiger partial charge in [-0.05, 0) is 19.9 Å². The average molecular weight is 242 g/mol. The molecule has 0 spiro atoms. The standard InChI is InChI=1S/C12H22N2O3/c1-13-10-7-17-6-8(10)12(16)14-9-4-2-3-5-11(9)15/h8-11,13,15H,2-7H2,1H3,(H,14,16)/t8?,9-,10?,11-/m1/s1. The summed E-state index contributed by atoms with van der Waals surface area (Å²) in [6, 6.07) is 0.0186. The highest BCUT2D eigenvalue weighted by molar-refractivity contribution is 5.80. The second-order valence-corrected chi connectivity index (χ2v) is 5.01. The van der Waals surface area contributed by atoms with Crippen molar-refractivity contribution in [1.29, 1.82) is 0 Å². The Morgan fingerprint density at radius 1 is 1.24 bits per heavy atom. The number of aliphatic hydroxyl groups excluding tert-OH is 1. The summed E-state index contributed by atoms with van der Waals surface area (Å²) in [5, 5.41) is 15.9. The Balaban J connectivity index is 1.87. The van der Waals surface area contributed by atoms with Gasteiger partial charge in [-0.25, -0.2) is 0 Å². The first-order valence-electron chi connectivity index (χ1n) is 6.46. The number of likely N-dealkylation sites (N-methyl/N-ethyl adjacent to an activating group) is 1. The number of amides is 1. The molecule has 3 N–H and O–H groups in total. The highest BCUT2D eigenvalue weighted by Gasteiger charge is 2.35. The molecule has 1 saturated carbocycles. The van der Waals surface area contributed by atoms with Crippen molar-refractivity contribution in [3.63, 3.8) is 0 Å². The molecule has 0 aromatic heterocycles. The summed E-state index contributed by atoms with van der Waals surface area (Å²) in [6.45, 7) is 1.06. The van der Waals surface area contributed by atoms with E-state index in [1.807, 2.05) is 7.05 Å². The number of aliphatic hydroxyl groups is 1. The normalized spacial score (nSPS) is 38.0. The molecule has 4 atom stereocenters. The number of nitrogens with one attached hydrogen (secondary N) is 2. The maximum atomic E-state index is 12.1. The second kappa shape index (κ2) is 5.80. The minimum Gasteiger partial charge on any atom is -0.391 e. The van der Waals surface area contributed by atoms with Gasteiger partial charge < -0.3 is 20.5 Å². The van der Waals surface area contributed by atoms with Crippen LogP contribution in [0.5, 0.6) is 0 Å².